The molecule has 1 aromatic heterocycles. The van der Waals surface area contributed by atoms with E-state index < -0.39 is 34.1 Å². The third-order valence-corrected chi connectivity index (χ3v) is 8.41. The SMILES string of the molecule is CCC(=O)c1c(-c2ccc(C)cc2)oc2cc(N(CC)S(C)(=O)=O)c(-c3cccc(C(=O)NC(C(=O)OC)C(F)(F)F)c3)cc12. The summed E-state index contributed by atoms with van der Waals surface area (Å²) in [5.41, 5.74) is 2.60. The summed E-state index contributed by atoms with van der Waals surface area (Å²) in [6, 6.07) is 13.0. The van der Waals surface area contributed by atoms with E-state index in [0.717, 1.165) is 23.2 Å². The number of benzene rings is 3. The van der Waals surface area contributed by atoms with Crippen LogP contribution in [0.25, 0.3) is 33.4 Å². The number of furan rings is 1. The van der Waals surface area contributed by atoms with Crippen molar-refractivity contribution in [3.8, 4) is 22.5 Å². The number of Topliss-reactive ketones (excluding diaryl/α,β-unsaturated/α-hetero) is 1. The number of sulfonamides is 1. The van der Waals surface area contributed by atoms with Crippen molar-refractivity contribution in [2.75, 3.05) is 24.2 Å². The molecule has 1 amide bonds. The second-order valence-corrected chi connectivity index (χ2v) is 12.2. The Bertz CT molecular complexity index is 1880. The standard InChI is InChI=1S/C32H31F3N2O7S/c1-6-25(38)27-23-16-22(20-9-8-10-21(15-20)30(39)36-29(31(40)43-4)32(33,34)35)24(37(7-2)45(5,41)42)17-26(23)44-28(27)19-13-11-18(3)12-14-19/h8-17,29H,6-7H2,1-5H3,(H,36,39). The van der Waals surface area contributed by atoms with E-state index in [-0.39, 0.29) is 52.3 Å². The van der Waals surface area contributed by atoms with Crippen molar-refractivity contribution in [1.82, 2.24) is 5.32 Å². The van der Waals surface area contributed by atoms with Crippen LogP contribution in [0.5, 0.6) is 0 Å². The van der Waals surface area contributed by atoms with Crippen LogP contribution < -0.4 is 9.62 Å². The molecule has 4 aromatic rings. The van der Waals surface area contributed by atoms with E-state index in [9.17, 15) is 36.0 Å². The molecule has 4 rings (SSSR count). The number of carbonyl (C=O) groups excluding carboxylic acids is 3. The Kier molecular flexibility index (Phi) is 9.43. The minimum atomic E-state index is -5.12. The molecule has 3 aromatic carbocycles. The highest BCUT2D eigenvalue weighted by Crippen LogP contribution is 2.42. The number of esters is 1. The van der Waals surface area contributed by atoms with Crippen LogP contribution in [0.15, 0.2) is 65.1 Å². The Hall–Kier alpha value is -4.65. The number of halogens is 3. The number of anilines is 1. The van der Waals surface area contributed by atoms with Gasteiger partial charge in [0.25, 0.3) is 5.91 Å². The third-order valence-electron chi connectivity index (χ3n) is 7.15. The summed E-state index contributed by atoms with van der Waals surface area (Å²) >= 11 is 0. The molecule has 0 fully saturated rings. The summed E-state index contributed by atoms with van der Waals surface area (Å²) in [6.45, 7) is 5.24. The summed E-state index contributed by atoms with van der Waals surface area (Å²) < 4.78 is 77.7. The number of ether oxygens (including phenoxy) is 1. The topological polar surface area (TPSA) is 123 Å². The zero-order valence-electron chi connectivity index (χ0n) is 25.1. The first-order valence-corrected chi connectivity index (χ1v) is 15.7. The fourth-order valence-electron chi connectivity index (χ4n) is 4.95. The van der Waals surface area contributed by atoms with Gasteiger partial charge in [-0.2, -0.15) is 13.2 Å². The van der Waals surface area contributed by atoms with Crippen molar-refractivity contribution in [3.63, 3.8) is 0 Å². The van der Waals surface area contributed by atoms with Crippen LogP contribution >= 0.6 is 0 Å². The van der Waals surface area contributed by atoms with Crippen molar-refractivity contribution in [3.05, 3.63) is 77.4 Å². The Morgan fingerprint density at radius 3 is 2.22 bits per heavy atom. The summed E-state index contributed by atoms with van der Waals surface area (Å²) in [4.78, 5) is 38.0. The van der Waals surface area contributed by atoms with E-state index in [1.54, 1.807) is 43.4 Å². The lowest BCUT2D eigenvalue weighted by atomic mass is 9.95. The van der Waals surface area contributed by atoms with Crippen LogP contribution in [0.1, 0.15) is 46.5 Å². The maximum Gasteiger partial charge on any atom is 0.419 e. The lowest BCUT2D eigenvalue weighted by molar-refractivity contribution is -0.180. The second kappa shape index (κ2) is 12.8. The van der Waals surface area contributed by atoms with Gasteiger partial charge in [-0.25, -0.2) is 13.2 Å². The number of hydrogen-bond acceptors (Lipinski definition) is 7. The van der Waals surface area contributed by atoms with Crippen LogP contribution in [-0.2, 0) is 19.6 Å². The van der Waals surface area contributed by atoms with Gasteiger partial charge in [-0.3, -0.25) is 13.9 Å². The monoisotopic (exact) mass is 644 g/mol. The summed E-state index contributed by atoms with van der Waals surface area (Å²) in [7, 11) is -3.08. The highest BCUT2D eigenvalue weighted by molar-refractivity contribution is 7.92. The second-order valence-electron chi connectivity index (χ2n) is 10.3. The predicted molar refractivity (Wildman–Crippen MR) is 164 cm³/mol. The van der Waals surface area contributed by atoms with Crippen molar-refractivity contribution >= 4 is 44.3 Å². The molecule has 9 nitrogen and oxygen atoms in total. The minimum Gasteiger partial charge on any atom is -0.467 e. The molecule has 13 heteroatoms. The fourth-order valence-corrected chi connectivity index (χ4v) is 5.93. The molecule has 238 valence electrons. The van der Waals surface area contributed by atoms with Crippen LogP contribution in [-0.4, -0.2) is 58.2 Å². The maximum atomic E-state index is 13.5. The number of hydrogen-bond donors (Lipinski definition) is 1. The van der Waals surface area contributed by atoms with Crippen LogP contribution in [0.2, 0.25) is 0 Å². The molecule has 0 saturated heterocycles. The number of ketones is 1. The van der Waals surface area contributed by atoms with E-state index in [0.29, 0.717) is 16.7 Å². The number of methoxy groups -OCH3 is 1. The molecule has 0 radical (unpaired) electrons. The zero-order chi connectivity index (χ0) is 33.3. The Labute approximate surface area is 258 Å². The number of alkyl halides is 3. The zero-order valence-corrected chi connectivity index (χ0v) is 25.9. The van der Waals surface area contributed by atoms with Gasteiger partial charge in [-0.15, -0.1) is 0 Å². The lowest BCUT2D eigenvalue weighted by Gasteiger charge is -2.24. The number of nitrogens with one attached hydrogen (secondary N) is 1. The molecule has 1 heterocycles. The quantitative estimate of drug-likeness (QED) is 0.159. The van der Waals surface area contributed by atoms with Crippen LogP contribution in [0, 0.1) is 6.92 Å². The molecule has 1 N–H and O–H groups in total. The van der Waals surface area contributed by atoms with E-state index in [1.807, 2.05) is 19.1 Å². The molecular weight excluding hydrogens is 613 g/mol. The first kappa shape index (κ1) is 33.2. The maximum absolute atomic E-state index is 13.5. The van der Waals surface area contributed by atoms with Gasteiger partial charge >= 0.3 is 12.1 Å². The Morgan fingerprint density at radius 2 is 1.67 bits per heavy atom. The van der Waals surface area contributed by atoms with Gasteiger partial charge in [0.05, 0.1) is 24.6 Å². The first-order chi connectivity index (χ1) is 21.1. The summed E-state index contributed by atoms with van der Waals surface area (Å²) in [5.74, 6) is -2.83. The van der Waals surface area contributed by atoms with E-state index in [1.165, 1.54) is 24.3 Å². The predicted octanol–water partition coefficient (Wildman–Crippen LogP) is 6.29. The van der Waals surface area contributed by atoms with E-state index >= 15 is 0 Å². The number of carbonyl (C=O) groups is 3. The first-order valence-electron chi connectivity index (χ1n) is 13.8. The van der Waals surface area contributed by atoms with Crippen molar-refractivity contribution < 1.29 is 45.1 Å². The highest BCUT2D eigenvalue weighted by atomic mass is 32.2. The summed E-state index contributed by atoms with van der Waals surface area (Å²) in [6.07, 6.45) is -3.95. The molecule has 0 saturated carbocycles. The molecule has 0 aliphatic carbocycles. The van der Waals surface area contributed by atoms with Gasteiger partial charge in [0.15, 0.2) is 5.78 Å². The Balaban J connectivity index is 1.97. The van der Waals surface area contributed by atoms with Gasteiger partial charge in [-0.05, 0) is 37.6 Å². The number of amides is 1. The van der Waals surface area contributed by atoms with Gasteiger partial charge < -0.3 is 14.5 Å². The minimum absolute atomic E-state index is 0.0101. The fraction of sp³-hybridized carbons (Fsp3) is 0.281. The van der Waals surface area contributed by atoms with Gasteiger partial charge in [0.2, 0.25) is 16.1 Å². The highest BCUT2D eigenvalue weighted by Gasteiger charge is 2.47. The molecular formula is C32H31F3N2O7S. The van der Waals surface area contributed by atoms with Gasteiger partial charge in [0.1, 0.15) is 11.3 Å². The van der Waals surface area contributed by atoms with Crippen molar-refractivity contribution in [1.29, 1.82) is 0 Å². The number of nitrogens with zero attached hydrogens (tertiary/aromatic N) is 1. The average molecular weight is 645 g/mol. The lowest BCUT2D eigenvalue weighted by Crippen LogP contribution is -2.51. The average Bonchev–Trinajstić information content (AvgIpc) is 3.36. The van der Waals surface area contributed by atoms with Gasteiger partial charge in [0, 0.05) is 41.1 Å². The molecule has 0 aliphatic heterocycles. The van der Waals surface area contributed by atoms with Crippen molar-refractivity contribution in [2.24, 2.45) is 0 Å². The van der Waals surface area contributed by atoms with Crippen LogP contribution in [0.4, 0.5) is 18.9 Å². The van der Waals surface area contributed by atoms with E-state index in [4.69, 9.17) is 4.42 Å². The smallest absolute Gasteiger partial charge is 0.419 e. The number of aryl methyl sites for hydroxylation is 1. The molecule has 1 unspecified atom stereocenters. The van der Waals surface area contributed by atoms with Gasteiger partial charge in [-0.1, -0.05) is 48.9 Å². The molecule has 0 aliphatic rings. The largest absolute Gasteiger partial charge is 0.467 e. The third kappa shape index (κ3) is 6.88. The molecule has 0 spiro atoms. The number of fused-ring (bicyclic) bond motifs is 1. The molecule has 0 bridgehead atoms. The van der Waals surface area contributed by atoms with Crippen molar-refractivity contribution in [2.45, 2.75) is 39.4 Å². The van der Waals surface area contributed by atoms with E-state index in [2.05, 4.69) is 4.74 Å². The number of rotatable bonds is 10. The Morgan fingerprint density at radius 1 is 1.00 bits per heavy atom. The summed E-state index contributed by atoms with van der Waals surface area (Å²) in [5, 5.41) is 2.05. The normalized spacial score (nSPS) is 12.5. The molecule has 45 heavy (non-hydrogen) atoms. The van der Waals surface area contributed by atoms with Crippen LogP contribution in [0.3, 0.4) is 0 Å². The molecule has 1 atom stereocenters.